The molecule has 0 bridgehead atoms. The monoisotopic (exact) mass is 240 g/mol. The molecule has 1 saturated carbocycles. The zero-order chi connectivity index (χ0) is 12.7. The van der Waals surface area contributed by atoms with Crippen LogP contribution in [-0.4, -0.2) is 18.0 Å². The molecule has 0 aromatic carbocycles. The second-order valence-electron chi connectivity index (χ2n) is 5.37. The molecule has 2 nitrogen and oxygen atoms in total. The van der Waals surface area contributed by atoms with Crippen LogP contribution in [0.3, 0.4) is 0 Å². The highest BCUT2D eigenvalue weighted by Gasteiger charge is 2.41. The minimum absolute atomic E-state index is 0.350. The first-order chi connectivity index (χ1) is 8.18. The highest BCUT2D eigenvalue weighted by atomic mass is 16.5. The van der Waals surface area contributed by atoms with E-state index in [-0.39, 0.29) is 0 Å². The SMILES string of the molecule is CCCOC1(C(=O)CCC)CCC(CC)CC1. The van der Waals surface area contributed by atoms with E-state index in [1.807, 2.05) is 0 Å². The number of hydrogen-bond donors (Lipinski definition) is 0. The van der Waals surface area contributed by atoms with Gasteiger partial charge < -0.3 is 4.74 Å². The summed E-state index contributed by atoms with van der Waals surface area (Å²) in [5.41, 5.74) is -0.419. The van der Waals surface area contributed by atoms with Crippen molar-refractivity contribution in [3.05, 3.63) is 0 Å². The van der Waals surface area contributed by atoms with Gasteiger partial charge in [-0.25, -0.2) is 0 Å². The van der Waals surface area contributed by atoms with Crippen LogP contribution in [0.2, 0.25) is 0 Å². The Morgan fingerprint density at radius 3 is 2.29 bits per heavy atom. The molecule has 1 fully saturated rings. The molecular weight excluding hydrogens is 212 g/mol. The summed E-state index contributed by atoms with van der Waals surface area (Å²) in [4.78, 5) is 12.3. The summed E-state index contributed by atoms with van der Waals surface area (Å²) < 4.78 is 5.98. The van der Waals surface area contributed by atoms with Gasteiger partial charge in [-0.15, -0.1) is 0 Å². The minimum atomic E-state index is -0.419. The largest absolute Gasteiger partial charge is 0.367 e. The molecule has 0 atom stereocenters. The van der Waals surface area contributed by atoms with E-state index in [1.54, 1.807) is 0 Å². The van der Waals surface area contributed by atoms with Crippen LogP contribution < -0.4 is 0 Å². The maximum atomic E-state index is 12.3. The second-order valence-corrected chi connectivity index (χ2v) is 5.37. The van der Waals surface area contributed by atoms with Crippen LogP contribution in [-0.2, 0) is 9.53 Å². The Bertz CT molecular complexity index is 227. The van der Waals surface area contributed by atoms with E-state index in [9.17, 15) is 4.79 Å². The van der Waals surface area contributed by atoms with Crippen molar-refractivity contribution in [1.29, 1.82) is 0 Å². The van der Waals surface area contributed by atoms with E-state index >= 15 is 0 Å². The molecule has 1 aliphatic rings. The number of rotatable bonds is 7. The molecule has 0 spiro atoms. The van der Waals surface area contributed by atoms with Crippen molar-refractivity contribution in [1.82, 2.24) is 0 Å². The second kappa shape index (κ2) is 7.15. The third-order valence-corrected chi connectivity index (χ3v) is 4.06. The van der Waals surface area contributed by atoms with Crippen molar-refractivity contribution in [2.75, 3.05) is 6.61 Å². The molecule has 0 aromatic rings. The molecule has 100 valence electrons. The van der Waals surface area contributed by atoms with Crippen molar-refractivity contribution in [3.63, 3.8) is 0 Å². The molecule has 0 radical (unpaired) electrons. The average Bonchev–Trinajstić information content (AvgIpc) is 2.37. The van der Waals surface area contributed by atoms with Gasteiger partial charge in [0.15, 0.2) is 5.78 Å². The maximum Gasteiger partial charge on any atom is 0.164 e. The number of carbonyl (C=O) groups is 1. The number of ketones is 1. The summed E-state index contributed by atoms with van der Waals surface area (Å²) in [5, 5.41) is 0. The van der Waals surface area contributed by atoms with E-state index in [0.29, 0.717) is 12.2 Å². The lowest BCUT2D eigenvalue weighted by molar-refractivity contribution is -0.151. The van der Waals surface area contributed by atoms with Crippen molar-refractivity contribution in [2.45, 2.75) is 77.7 Å². The minimum Gasteiger partial charge on any atom is -0.367 e. The zero-order valence-corrected chi connectivity index (χ0v) is 11.8. The van der Waals surface area contributed by atoms with Crippen LogP contribution in [0, 0.1) is 5.92 Å². The van der Waals surface area contributed by atoms with E-state index in [0.717, 1.165) is 51.0 Å². The molecule has 0 aromatic heterocycles. The quantitative estimate of drug-likeness (QED) is 0.669. The van der Waals surface area contributed by atoms with E-state index in [2.05, 4.69) is 20.8 Å². The number of hydrogen-bond acceptors (Lipinski definition) is 2. The van der Waals surface area contributed by atoms with E-state index < -0.39 is 5.60 Å². The number of ether oxygens (including phenoxy) is 1. The van der Waals surface area contributed by atoms with E-state index in [4.69, 9.17) is 4.74 Å². The molecule has 2 heteroatoms. The summed E-state index contributed by atoms with van der Waals surface area (Å²) in [6, 6.07) is 0. The Morgan fingerprint density at radius 2 is 1.82 bits per heavy atom. The molecule has 1 aliphatic carbocycles. The van der Waals surface area contributed by atoms with Gasteiger partial charge in [0.25, 0.3) is 0 Å². The van der Waals surface area contributed by atoms with Crippen LogP contribution in [0.5, 0.6) is 0 Å². The molecule has 1 rings (SSSR count). The van der Waals surface area contributed by atoms with Gasteiger partial charge in [0.1, 0.15) is 5.60 Å². The maximum absolute atomic E-state index is 12.3. The predicted octanol–water partition coefficient (Wildman–Crippen LogP) is 4.12. The molecule has 0 N–H and O–H groups in total. The lowest BCUT2D eigenvalue weighted by Gasteiger charge is -2.38. The van der Waals surface area contributed by atoms with Crippen LogP contribution in [0.25, 0.3) is 0 Å². The zero-order valence-electron chi connectivity index (χ0n) is 11.8. The molecule has 0 amide bonds. The lowest BCUT2D eigenvalue weighted by Crippen LogP contribution is -2.45. The Morgan fingerprint density at radius 1 is 1.18 bits per heavy atom. The van der Waals surface area contributed by atoms with Gasteiger partial charge in [-0.3, -0.25) is 4.79 Å². The predicted molar refractivity (Wildman–Crippen MR) is 71.1 cm³/mol. The fourth-order valence-corrected chi connectivity index (χ4v) is 2.81. The van der Waals surface area contributed by atoms with Crippen molar-refractivity contribution < 1.29 is 9.53 Å². The summed E-state index contributed by atoms with van der Waals surface area (Å²) in [6.07, 6.45) is 8.08. The summed E-state index contributed by atoms with van der Waals surface area (Å²) >= 11 is 0. The Hall–Kier alpha value is -0.370. The molecule has 0 aliphatic heterocycles. The van der Waals surface area contributed by atoms with Gasteiger partial charge in [0.2, 0.25) is 0 Å². The Kier molecular flexibility index (Phi) is 6.18. The normalized spacial score (nSPS) is 29.2. The summed E-state index contributed by atoms with van der Waals surface area (Å²) in [6.45, 7) is 7.16. The summed E-state index contributed by atoms with van der Waals surface area (Å²) in [5.74, 6) is 1.16. The van der Waals surface area contributed by atoms with Crippen LogP contribution in [0.15, 0.2) is 0 Å². The van der Waals surface area contributed by atoms with Crippen molar-refractivity contribution in [2.24, 2.45) is 5.92 Å². The Balaban J connectivity index is 2.63. The third kappa shape index (κ3) is 3.80. The summed E-state index contributed by atoms with van der Waals surface area (Å²) in [7, 11) is 0. The van der Waals surface area contributed by atoms with E-state index in [1.165, 1.54) is 6.42 Å². The fraction of sp³-hybridized carbons (Fsp3) is 0.933. The van der Waals surface area contributed by atoms with Crippen LogP contribution in [0.4, 0.5) is 0 Å². The van der Waals surface area contributed by atoms with Gasteiger partial charge in [0, 0.05) is 13.0 Å². The first-order valence-electron chi connectivity index (χ1n) is 7.35. The topological polar surface area (TPSA) is 26.3 Å². The molecule has 0 unspecified atom stereocenters. The highest BCUT2D eigenvalue weighted by Crippen LogP contribution is 2.37. The van der Waals surface area contributed by atoms with Gasteiger partial charge in [0.05, 0.1) is 0 Å². The van der Waals surface area contributed by atoms with Crippen LogP contribution >= 0.6 is 0 Å². The molecule has 0 heterocycles. The number of Topliss-reactive ketones (excluding diaryl/α,β-unsaturated/α-hetero) is 1. The fourth-order valence-electron chi connectivity index (χ4n) is 2.81. The molecular formula is C15H28O2. The first kappa shape index (κ1) is 14.7. The van der Waals surface area contributed by atoms with Gasteiger partial charge in [-0.1, -0.05) is 27.2 Å². The van der Waals surface area contributed by atoms with Crippen LogP contribution in [0.1, 0.15) is 72.1 Å². The highest BCUT2D eigenvalue weighted by molar-refractivity contribution is 5.87. The number of carbonyl (C=O) groups excluding carboxylic acids is 1. The lowest BCUT2D eigenvalue weighted by atomic mass is 9.74. The smallest absolute Gasteiger partial charge is 0.164 e. The molecule has 17 heavy (non-hydrogen) atoms. The first-order valence-corrected chi connectivity index (χ1v) is 7.35. The van der Waals surface area contributed by atoms with Crippen molar-refractivity contribution in [3.8, 4) is 0 Å². The average molecular weight is 240 g/mol. The van der Waals surface area contributed by atoms with Gasteiger partial charge >= 0.3 is 0 Å². The molecule has 0 saturated heterocycles. The third-order valence-electron chi connectivity index (χ3n) is 4.06. The standard InChI is InChI=1S/C15H28O2/c1-4-7-14(16)15(17-12-5-2)10-8-13(6-3)9-11-15/h13H,4-12H2,1-3H3. The van der Waals surface area contributed by atoms with Gasteiger partial charge in [-0.05, 0) is 44.4 Å². The Labute approximate surface area is 106 Å². The van der Waals surface area contributed by atoms with Gasteiger partial charge in [-0.2, -0.15) is 0 Å². The van der Waals surface area contributed by atoms with Crippen molar-refractivity contribution >= 4 is 5.78 Å².